The van der Waals surface area contributed by atoms with Crippen LogP contribution in [0, 0.1) is 0 Å². The van der Waals surface area contributed by atoms with E-state index < -0.39 is 0 Å². The first-order chi connectivity index (χ1) is 5.04. The van der Waals surface area contributed by atoms with E-state index in [9.17, 15) is 0 Å². The Morgan fingerprint density at radius 1 is 1.27 bits per heavy atom. The molecule has 0 N–H and O–H groups in total. The Labute approximate surface area is 70.4 Å². The van der Waals surface area contributed by atoms with Crippen LogP contribution in [-0.4, -0.2) is 18.5 Å². The van der Waals surface area contributed by atoms with Gasteiger partial charge < -0.3 is 4.90 Å². The van der Waals surface area contributed by atoms with Crippen molar-refractivity contribution in [3.05, 3.63) is 24.4 Å². The third-order valence-electron chi connectivity index (χ3n) is 1.75. The Kier molecular flexibility index (Phi) is 4.67. The maximum atomic E-state index is 3.86. The molecule has 0 spiro atoms. The number of hydrogen-bond acceptors (Lipinski definition) is 1. The Hall–Kier alpha value is -0.720. The lowest BCUT2D eigenvalue weighted by molar-refractivity contribution is 0.411. The Balaban J connectivity index is 3.39. The number of rotatable bonds is 5. The van der Waals surface area contributed by atoms with E-state index in [2.05, 4.69) is 32.0 Å². The highest BCUT2D eigenvalue weighted by Gasteiger charge is 1.95. The molecular formula is C10H19N. The molecule has 0 bridgehead atoms. The molecule has 0 rings (SSSR count). The van der Waals surface area contributed by atoms with Gasteiger partial charge in [-0.05, 0) is 26.7 Å². The van der Waals surface area contributed by atoms with Gasteiger partial charge in [-0.15, -0.1) is 6.58 Å². The molecule has 0 aliphatic rings. The van der Waals surface area contributed by atoms with Crippen molar-refractivity contribution < 1.29 is 0 Å². The van der Waals surface area contributed by atoms with Gasteiger partial charge in [0.1, 0.15) is 0 Å². The van der Waals surface area contributed by atoms with Gasteiger partial charge in [-0.2, -0.15) is 0 Å². The summed E-state index contributed by atoms with van der Waals surface area (Å²) in [5.74, 6) is 0. The van der Waals surface area contributed by atoms with Crippen LogP contribution < -0.4 is 0 Å². The van der Waals surface area contributed by atoms with Gasteiger partial charge >= 0.3 is 0 Å². The lowest BCUT2D eigenvalue weighted by atomic mass is 10.2. The third-order valence-corrected chi connectivity index (χ3v) is 1.75. The van der Waals surface area contributed by atoms with Gasteiger partial charge in [0.25, 0.3) is 0 Å². The summed E-state index contributed by atoms with van der Waals surface area (Å²) < 4.78 is 0. The summed E-state index contributed by atoms with van der Waals surface area (Å²) >= 11 is 0. The van der Waals surface area contributed by atoms with Crippen LogP contribution in [0.5, 0.6) is 0 Å². The molecule has 0 amide bonds. The van der Waals surface area contributed by atoms with Crippen LogP contribution in [0.4, 0.5) is 0 Å². The molecule has 0 saturated carbocycles. The van der Waals surface area contributed by atoms with Gasteiger partial charge in [-0.25, -0.2) is 0 Å². The molecule has 11 heavy (non-hydrogen) atoms. The first kappa shape index (κ1) is 10.3. The van der Waals surface area contributed by atoms with Crippen LogP contribution in [0.1, 0.15) is 26.7 Å². The predicted molar refractivity (Wildman–Crippen MR) is 51.5 cm³/mol. The molecule has 0 unspecified atom stereocenters. The minimum atomic E-state index is 1.09. The SMILES string of the molecule is C=C(C)CCCN(C)C(=C)C. The molecule has 0 aliphatic heterocycles. The van der Waals surface area contributed by atoms with Crippen molar-refractivity contribution >= 4 is 0 Å². The summed E-state index contributed by atoms with van der Waals surface area (Å²) in [6, 6.07) is 0. The van der Waals surface area contributed by atoms with Crippen LogP contribution in [-0.2, 0) is 0 Å². The van der Waals surface area contributed by atoms with Crippen molar-refractivity contribution in [3.63, 3.8) is 0 Å². The molecule has 64 valence electrons. The molecule has 0 heterocycles. The lowest BCUT2D eigenvalue weighted by Gasteiger charge is -2.18. The van der Waals surface area contributed by atoms with Crippen molar-refractivity contribution in [2.24, 2.45) is 0 Å². The van der Waals surface area contributed by atoms with Gasteiger partial charge in [0.15, 0.2) is 0 Å². The summed E-state index contributed by atoms with van der Waals surface area (Å²) in [6.07, 6.45) is 2.30. The second-order valence-electron chi connectivity index (χ2n) is 3.22. The molecule has 0 aromatic carbocycles. The molecular weight excluding hydrogens is 134 g/mol. The standard InChI is InChI=1S/C10H19N/c1-9(2)7-6-8-11(5)10(3)4/h1,3,6-8H2,2,4-5H3. The highest BCUT2D eigenvalue weighted by atomic mass is 15.1. The van der Waals surface area contributed by atoms with Crippen molar-refractivity contribution in [1.82, 2.24) is 4.90 Å². The van der Waals surface area contributed by atoms with Crippen LogP contribution in [0.15, 0.2) is 24.4 Å². The fraction of sp³-hybridized carbons (Fsp3) is 0.600. The Bertz CT molecular complexity index is 147. The predicted octanol–water partition coefficient (Wildman–Crippen LogP) is 2.81. The van der Waals surface area contributed by atoms with Gasteiger partial charge in [-0.1, -0.05) is 12.2 Å². The van der Waals surface area contributed by atoms with E-state index in [1.807, 2.05) is 6.92 Å². The summed E-state index contributed by atoms with van der Waals surface area (Å²) in [6.45, 7) is 12.9. The van der Waals surface area contributed by atoms with Crippen LogP contribution in [0.25, 0.3) is 0 Å². The largest absolute Gasteiger partial charge is 0.379 e. The fourth-order valence-corrected chi connectivity index (χ4v) is 0.809. The summed E-state index contributed by atoms with van der Waals surface area (Å²) in [5.41, 5.74) is 2.40. The second-order valence-corrected chi connectivity index (χ2v) is 3.22. The minimum absolute atomic E-state index is 1.09. The topological polar surface area (TPSA) is 3.24 Å². The first-order valence-electron chi connectivity index (χ1n) is 4.05. The smallest absolute Gasteiger partial charge is 0.0174 e. The Morgan fingerprint density at radius 3 is 2.18 bits per heavy atom. The Morgan fingerprint density at radius 2 is 1.82 bits per heavy atom. The van der Waals surface area contributed by atoms with Gasteiger partial charge in [0.2, 0.25) is 0 Å². The maximum absolute atomic E-state index is 3.86. The average Bonchev–Trinajstić information content (AvgIpc) is 1.86. The highest BCUT2D eigenvalue weighted by Crippen LogP contribution is 2.03. The van der Waals surface area contributed by atoms with E-state index in [0.29, 0.717) is 0 Å². The van der Waals surface area contributed by atoms with E-state index in [-0.39, 0.29) is 0 Å². The third kappa shape index (κ3) is 5.71. The van der Waals surface area contributed by atoms with Crippen LogP contribution in [0.3, 0.4) is 0 Å². The zero-order chi connectivity index (χ0) is 8.85. The number of nitrogens with zero attached hydrogens (tertiary/aromatic N) is 1. The van der Waals surface area contributed by atoms with Crippen molar-refractivity contribution in [2.45, 2.75) is 26.7 Å². The van der Waals surface area contributed by atoms with Crippen LogP contribution in [0.2, 0.25) is 0 Å². The highest BCUT2D eigenvalue weighted by molar-refractivity contribution is 4.90. The van der Waals surface area contributed by atoms with Gasteiger partial charge in [0, 0.05) is 19.3 Å². The van der Waals surface area contributed by atoms with Crippen LogP contribution >= 0.6 is 0 Å². The molecule has 0 aromatic rings. The zero-order valence-electron chi connectivity index (χ0n) is 7.98. The molecule has 0 atom stereocenters. The molecule has 0 radical (unpaired) electrons. The maximum Gasteiger partial charge on any atom is 0.0174 e. The monoisotopic (exact) mass is 153 g/mol. The number of allylic oxidation sites excluding steroid dienone is 2. The van der Waals surface area contributed by atoms with E-state index in [1.165, 1.54) is 12.0 Å². The van der Waals surface area contributed by atoms with Crippen molar-refractivity contribution in [2.75, 3.05) is 13.6 Å². The molecule has 0 aromatic heterocycles. The lowest BCUT2D eigenvalue weighted by Crippen LogP contribution is -2.16. The second kappa shape index (κ2) is 5.00. The summed E-state index contributed by atoms with van der Waals surface area (Å²) in [5, 5.41) is 0. The fourth-order valence-electron chi connectivity index (χ4n) is 0.809. The zero-order valence-corrected chi connectivity index (χ0v) is 7.98. The molecule has 1 nitrogen and oxygen atoms in total. The van der Waals surface area contributed by atoms with Gasteiger partial charge in [-0.3, -0.25) is 0 Å². The molecule has 0 aliphatic carbocycles. The molecule has 0 saturated heterocycles. The first-order valence-corrected chi connectivity index (χ1v) is 4.05. The minimum Gasteiger partial charge on any atom is -0.379 e. The van der Waals surface area contributed by atoms with Crippen molar-refractivity contribution in [3.8, 4) is 0 Å². The summed E-state index contributed by atoms with van der Waals surface area (Å²) in [4.78, 5) is 2.17. The number of hydrogen-bond donors (Lipinski definition) is 0. The van der Waals surface area contributed by atoms with E-state index >= 15 is 0 Å². The van der Waals surface area contributed by atoms with Crippen molar-refractivity contribution in [1.29, 1.82) is 0 Å². The van der Waals surface area contributed by atoms with E-state index in [0.717, 1.165) is 18.7 Å². The quantitative estimate of drug-likeness (QED) is 0.549. The summed E-state index contributed by atoms with van der Waals surface area (Å²) in [7, 11) is 2.07. The molecule has 0 fully saturated rings. The van der Waals surface area contributed by atoms with E-state index in [4.69, 9.17) is 0 Å². The molecule has 1 heteroatoms. The average molecular weight is 153 g/mol. The van der Waals surface area contributed by atoms with Gasteiger partial charge in [0.05, 0.1) is 0 Å². The normalized spacial score (nSPS) is 9.36. The van der Waals surface area contributed by atoms with E-state index in [1.54, 1.807) is 0 Å².